The molecule has 2 N–H and O–H groups in total. The number of carbonyl (C=O) groups excluding carboxylic acids is 1. The number of amides is 1. The molecule has 0 aromatic heterocycles. The van der Waals surface area contributed by atoms with E-state index in [1.165, 1.54) is 0 Å². The van der Waals surface area contributed by atoms with E-state index in [0.717, 1.165) is 6.54 Å². The summed E-state index contributed by atoms with van der Waals surface area (Å²) in [6.07, 6.45) is 1.61. The second kappa shape index (κ2) is 6.67. The predicted molar refractivity (Wildman–Crippen MR) is 49.8 cm³/mol. The predicted octanol–water partition coefficient (Wildman–Crippen LogP) is -0.603. The minimum absolute atomic E-state index is 0.0471. The van der Waals surface area contributed by atoms with E-state index in [2.05, 4.69) is 17.2 Å². The summed E-state index contributed by atoms with van der Waals surface area (Å²) in [7, 11) is 3.73. The maximum absolute atomic E-state index is 11.0. The summed E-state index contributed by atoms with van der Waals surface area (Å²) in [5.74, 6) is 0.0471. The van der Waals surface area contributed by atoms with Crippen molar-refractivity contribution in [1.82, 2.24) is 15.5 Å². The lowest BCUT2D eigenvalue weighted by atomic mass is 10.5. The highest BCUT2D eigenvalue weighted by Gasteiger charge is 1.99. The lowest BCUT2D eigenvalue weighted by Crippen LogP contribution is -2.36. The van der Waals surface area contributed by atoms with Gasteiger partial charge in [-0.1, -0.05) is 6.58 Å². The molecule has 0 spiro atoms. The molecule has 0 radical (unpaired) electrons. The average Bonchev–Trinajstić information content (AvgIpc) is 1.97. The number of rotatable bonds is 6. The normalized spacial score (nSPS) is 9.58. The van der Waals surface area contributed by atoms with Gasteiger partial charge in [-0.25, -0.2) is 0 Å². The summed E-state index contributed by atoms with van der Waals surface area (Å²) in [5, 5.41) is 5.65. The highest BCUT2D eigenvalue weighted by Crippen LogP contribution is 1.72. The molecule has 4 nitrogen and oxygen atoms in total. The van der Waals surface area contributed by atoms with Crippen LogP contribution in [0.25, 0.3) is 0 Å². The van der Waals surface area contributed by atoms with Crippen molar-refractivity contribution in [3.63, 3.8) is 0 Å². The molecule has 0 saturated carbocycles. The van der Waals surface area contributed by atoms with Crippen molar-refractivity contribution in [2.24, 2.45) is 0 Å². The van der Waals surface area contributed by atoms with Crippen molar-refractivity contribution in [1.29, 1.82) is 0 Å². The van der Waals surface area contributed by atoms with Gasteiger partial charge in [-0.2, -0.15) is 0 Å². The fourth-order valence-electron chi connectivity index (χ4n) is 0.719. The molecule has 0 aliphatic carbocycles. The number of nitrogens with zero attached hydrogens (tertiary/aromatic N) is 1. The van der Waals surface area contributed by atoms with Gasteiger partial charge in [0.2, 0.25) is 5.91 Å². The Balaban J connectivity index is 3.25. The molecule has 1 amide bonds. The summed E-state index contributed by atoms with van der Waals surface area (Å²) in [5.41, 5.74) is 0. The fraction of sp³-hybridized carbons (Fsp3) is 0.625. The molecular formula is C8H17N3O. The fourth-order valence-corrected chi connectivity index (χ4v) is 0.719. The van der Waals surface area contributed by atoms with E-state index < -0.39 is 0 Å². The number of hydrogen-bond acceptors (Lipinski definition) is 3. The Labute approximate surface area is 73.6 Å². The zero-order valence-corrected chi connectivity index (χ0v) is 7.76. The van der Waals surface area contributed by atoms with E-state index in [0.29, 0.717) is 13.1 Å². The molecule has 0 bridgehead atoms. The third-order valence-corrected chi connectivity index (χ3v) is 1.20. The molecule has 0 aliphatic heterocycles. The summed E-state index contributed by atoms with van der Waals surface area (Å²) >= 11 is 0. The highest BCUT2D eigenvalue weighted by atomic mass is 16.1. The molecule has 0 heterocycles. The smallest absolute Gasteiger partial charge is 0.234 e. The van der Waals surface area contributed by atoms with Crippen molar-refractivity contribution in [3.05, 3.63) is 12.8 Å². The van der Waals surface area contributed by atoms with Crippen LogP contribution in [0, 0.1) is 0 Å². The molecule has 0 fully saturated rings. The molecule has 0 aromatic carbocycles. The van der Waals surface area contributed by atoms with E-state index in [9.17, 15) is 4.79 Å². The second-order valence-electron chi connectivity index (χ2n) is 2.75. The van der Waals surface area contributed by atoms with Gasteiger partial charge in [0.05, 0.1) is 6.54 Å². The lowest BCUT2D eigenvalue weighted by Gasteiger charge is -2.09. The molecular weight excluding hydrogens is 154 g/mol. The Morgan fingerprint density at radius 1 is 1.50 bits per heavy atom. The van der Waals surface area contributed by atoms with Crippen LogP contribution in [0.1, 0.15) is 0 Å². The number of carbonyl (C=O) groups is 1. The van der Waals surface area contributed by atoms with Gasteiger partial charge in [-0.15, -0.1) is 0 Å². The lowest BCUT2D eigenvalue weighted by molar-refractivity contribution is -0.121. The molecule has 0 saturated heterocycles. The van der Waals surface area contributed by atoms with Crippen LogP contribution in [0.15, 0.2) is 12.8 Å². The van der Waals surface area contributed by atoms with Crippen LogP contribution in [0.4, 0.5) is 0 Å². The van der Waals surface area contributed by atoms with Gasteiger partial charge in [0.1, 0.15) is 0 Å². The van der Waals surface area contributed by atoms with E-state index >= 15 is 0 Å². The molecule has 70 valence electrons. The Morgan fingerprint density at radius 3 is 2.67 bits per heavy atom. The first-order chi connectivity index (χ1) is 5.66. The summed E-state index contributed by atoms with van der Waals surface area (Å²) in [4.78, 5) is 12.8. The molecule has 12 heavy (non-hydrogen) atoms. The van der Waals surface area contributed by atoms with Crippen molar-refractivity contribution < 1.29 is 4.79 Å². The maximum atomic E-state index is 11.0. The van der Waals surface area contributed by atoms with Gasteiger partial charge >= 0.3 is 0 Å². The molecule has 0 atom stereocenters. The van der Waals surface area contributed by atoms with Crippen molar-refractivity contribution in [2.75, 3.05) is 33.7 Å². The zero-order chi connectivity index (χ0) is 9.40. The van der Waals surface area contributed by atoms with Gasteiger partial charge in [-0.3, -0.25) is 4.79 Å². The van der Waals surface area contributed by atoms with Crippen LogP contribution >= 0.6 is 0 Å². The largest absolute Gasteiger partial charge is 0.390 e. The minimum atomic E-state index is 0.0471. The standard InChI is InChI=1S/C8H17N3O/c1-4-9-5-6-10-8(12)7-11(2)3/h4,9H,1,5-7H2,2-3H3,(H,10,12). The Kier molecular flexibility index (Phi) is 6.09. The van der Waals surface area contributed by atoms with Crippen LogP contribution in [-0.2, 0) is 4.79 Å². The Morgan fingerprint density at radius 2 is 2.17 bits per heavy atom. The third-order valence-electron chi connectivity index (χ3n) is 1.20. The average molecular weight is 171 g/mol. The van der Waals surface area contributed by atoms with Crippen molar-refractivity contribution in [2.45, 2.75) is 0 Å². The Hall–Kier alpha value is -1.03. The summed E-state index contributed by atoms with van der Waals surface area (Å²) in [6.45, 7) is 5.29. The van der Waals surface area contributed by atoms with Crippen LogP contribution in [0.5, 0.6) is 0 Å². The molecule has 0 rings (SSSR count). The first-order valence-corrected chi connectivity index (χ1v) is 3.92. The molecule has 4 heteroatoms. The summed E-state index contributed by atoms with van der Waals surface area (Å²) in [6, 6.07) is 0. The van der Waals surface area contributed by atoms with Gasteiger partial charge in [0, 0.05) is 13.1 Å². The second-order valence-corrected chi connectivity index (χ2v) is 2.75. The monoisotopic (exact) mass is 171 g/mol. The van der Waals surface area contributed by atoms with E-state index in [4.69, 9.17) is 0 Å². The molecule has 0 aromatic rings. The zero-order valence-electron chi connectivity index (χ0n) is 7.76. The van der Waals surface area contributed by atoms with Crippen molar-refractivity contribution >= 4 is 5.91 Å². The van der Waals surface area contributed by atoms with Crippen molar-refractivity contribution in [3.8, 4) is 0 Å². The van der Waals surface area contributed by atoms with E-state index in [1.807, 2.05) is 19.0 Å². The number of nitrogens with one attached hydrogen (secondary N) is 2. The van der Waals surface area contributed by atoms with E-state index in [-0.39, 0.29) is 5.91 Å². The third kappa shape index (κ3) is 7.08. The summed E-state index contributed by atoms with van der Waals surface area (Å²) < 4.78 is 0. The van der Waals surface area contributed by atoms with Gasteiger partial charge in [0.25, 0.3) is 0 Å². The minimum Gasteiger partial charge on any atom is -0.390 e. The van der Waals surface area contributed by atoms with Gasteiger partial charge in [0.15, 0.2) is 0 Å². The number of likely N-dealkylation sites (N-methyl/N-ethyl adjacent to an activating group) is 1. The molecule has 0 unspecified atom stereocenters. The topological polar surface area (TPSA) is 44.4 Å². The Bertz CT molecular complexity index is 145. The van der Waals surface area contributed by atoms with Crippen LogP contribution in [0.2, 0.25) is 0 Å². The molecule has 0 aliphatic rings. The van der Waals surface area contributed by atoms with Gasteiger partial charge in [-0.05, 0) is 20.3 Å². The van der Waals surface area contributed by atoms with Crippen LogP contribution < -0.4 is 10.6 Å². The van der Waals surface area contributed by atoms with Gasteiger partial charge < -0.3 is 15.5 Å². The maximum Gasteiger partial charge on any atom is 0.234 e. The SMILES string of the molecule is C=CNCCNC(=O)CN(C)C. The van der Waals surface area contributed by atoms with E-state index in [1.54, 1.807) is 6.20 Å². The highest BCUT2D eigenvalue weighted by molar-refractivity contribution is 5.77. The van der Waals surface area contributed by atoms with Crippen LogP contribution in [0.3, 0.4) is 0 Å². The van der Waals surface area contributed by atoms with Crippen LogP contribution in [-0.4, -0.2) is 44.5 Å². The first-order valence-electron chi connectivity index (χ1n) is 3.92. The quantitative estimate of drug-likeness (QED) is 0.524. The first kappa shape index (κ1) is 11.0. The number of hydrogen-bond donors (Lipinski definition) is 2.